The summed E-state index contributed by atoms with van der Waals surface area (Å²) in [6.07, 6.45) is 0. The summed E-state index contributed by atoms with van der Waals surface area (Å²) >= 11 is 1.93. The first kappa shape index (κ1) is 10.2. The molecule has 2 rings (SSSR count). The molecule has 1 aliphatic heterocycles. The minimum atomic E-state index is 0.639. The summed E-state index contributed by atoms with van der Waals surface area (Å²) in [6.45, 7) is 10.8. The highest BCUT2D eigenvalue weighted by Crippen LogP contribution is 2.39. The van der Waals surface area contributed by atoms with E-state index >= 15 is 0 Å². The second-order valence-electron chi connectivity index (χ2n) is 4.37. The fourth-order valence-electron chi connectivity index (χ4n) is 2.38. The Morgan fingerprint density at radius 2 is 1.86 bits per heavy atom. The first-order valence-electron chi connectivity index (χ1n) is 5.25. The van der Waals surface area contributed by atoms with Gasteiger partial charge in [0.25, 0.3) is 0 Å². The van der Waals surface area contributed by atoms with Crippen LogP contribution >= 0.6 is 11.3 Å². The molecule has 0 spiro atoms. The Morgan fingerprint density at radius 3 is 2.29 bits per heavy atom. The van der Waals surface area contributed by atoms with Crippen molar-refractivity contribution in [1.82, 2.24) is 0 Å². The van der Waals surface area contributed by atoms with Crippen LogP contribution in [0.5, 0.6) is 0 Å². The van der Waals surface area contributed by atoms with Crippen molar-refractivity contribution in [2.24, 2.45) is 5.92 Å². The van der Waals surface area contributed by atoms with Gasteiger partial charge in [-0.15, -0.1) is 11.3 Å². The minimum absolute atomic E-state index is 0.639. The van der Waals surface area contributed by atoms with E-state index in [1.54, 1.807) is 5.56 Å². The molecular weight excluding hydrogens is 192 g/mol. The maximum absolute atomic E-state index is 5.55. The number of rotatable bonds is 1. The van der Waals surface area contributed by atoms with Crippen LogP contribution in [0, 0.1) is 26.7 Å². The van der Waals surface area contributed by atoms with E-state index in [2.05, 4.69) is 27.7 Å². The summed E-state index contributed by atoms with van der Waals surface area (Å²) in [5.41, 5.74) is 3.06. The molecular formula is C12H18OS. The van der Waals surface area contributed by atoms with Gasteiger partial charge in [-0.1, -0.05) is 6.92 Å². The van der Waals surface area contributed by atoms with Crippen molar-refractivity contribution < 1.29 is 4.74 Å². The highest BCUT2D eigenvalue weighted by atomic mass is 32.1. The molecule has 0 N–H and O–H groups in total. The van der Waals surface area contributed by atoms with Crippen molar-refractivity contribution in [2.75, 3.05) is 13.2 Å². The van der Waals surface area contributed by atoms with Crippen LogP contribution < -0.4 is 0 Å². The molecule has 0 radical (unpaired) electrons. The Hall–Kier alpha value is -0.340. The molecule has 0 saturated carbocycles. The zero-order valence-electron chi connectivity index (χ0n) is 9.39. The number of aryl methyl sites for hydroxylation is 2. The molecule has 0 amide bonds. The van der Waals surface area contributed by atoms with Crippen LogP contribution in [0.15, 0.2) is 0 Å². The van der Waals surface area contributed by atoms with Crippen molar-refractivity contribution in [3.8, 4) is 0 Å². The van der Waals surface area contributed by atoms with Crippen LogP contribution in [-0.2, 0) is 4.74 Å². The second-order valence-corrected chi connectivity index (χ2v) is 5.80. The molecule has 2 heteroatoms. The third kappa shape index (κ3) is 1.51. The van der Waals surface area contributed by atoms with E-state index in [-0.39, 0.29) is 0 Å². The molecule has 0 bridgehead atoms. The van der Waals surface area contributed by atoms with Crippen molar-refractivity contribution in [2.45, 2.75) is 33.6 Å². The summed E-state index contributed by atoms with van der Waals surface area (Å²) in [5.74, 6) is 1.32. The average Bonchev–Trinajstić information content (AvgIpc) is 2.60. The fraction of sp³-hybridized carbons (Fsp3) is 0.667. The quantitative estimate of drug-likeness (QED) is 0.690. The standard InChI is InChI=1S/C12H18OS/c1-7-5-13-6-11(7)12-8(2)9(3)14-10(12)4/h7,11H,5-6H2,1-4H3/t7-,11-/m0/s1. The summed E-state index contributed by atoms with van der Waals surface area (Å²) < 4.78 is 5.55. The first-order chi connectivity index (χ1) is 6.61. The average molecular weight is 210 g/mol. The zero-order chi connectivity index (χ0) is 10.3. The van der Waals surface area contributed by atoms with Crippen LogP contribution in [-0.4, -0.2) is 13.2 Å². The molecule has 0 aliphatic carbocycles. The predicted molar refractivity (Wildman–Crippen MR) is 61.3 cm³/mol. The van der Waals surface area contributed by atoms with Gasteiger partial charge in [0, 0.05) is 22.3 Å². The summed E-state index contributed by atoms with van der Waals surface area (Å²) in [6, 6.07) is 0. The zero-order valence-corrected chi connectivity index (χ0v) is 10.2. The fourth-order valence-corrected chi connectivity index (χ4v) is 3.52. The highest BCUT2D eigenvalue weighted by Gasteiger charge is 2.29. The second kappa shape index (κ2) is 3.67. The minimum Gasteiger partial charge on any atom is -0.381 e. The van der Waals surface area contributed by atoms with Crippen molar-refractivity contribution >= 4 is 11.3 Å². The van der Waals surface area contributed by atoms with E-state index in [1.165, 1.54) is 15.3 Å². The number of ether oxygens (including phenoxy) is 1. The van der Waals surface area contributed by atoms with Crippen molar-refractivity contribution in [1.29, 1.82) is 0 Å². The summed E-state index contributed by atoms with van der Waals surface area (Å²) in [7, 11) is 0. The Morgan fingerprint density at radius 1 is 1.14 bits per heavy atom. The van der Waals surface area contributed by atoms with E-state index in [9.17, 15) is 0 Å². The molecule has 1 nitrogen and oxygen atoms in total. The number of hydrogen-bond acceptors (Lipinski definition) is 2. The topological polar surface area (TPSA) is 9.23 Å². The molecule has 1 aliphatic rings. The molecule has 1 aromatic rings. The third-order valence-corrected chi connectivity index (χ3v) is 4.49. The monoisotopic (exact) mass is 210 g/mol. The van der Waals surface area contributed by atoms with Gasteiger partial charge in [-0.05, 0) is 37.8 Å². The van der Waals surface area contributed by atoms with E-state index < -0.39 is 0 Å². The summed E-state index contributed by atoms with van der Waals surface area (Å²) in [4.78, 5) is 2.96. The lowest BCUT2D eigenvalue weighted by atomic mass is 9.88. The molecule has 14 heavy (non-hydrogen) atoms. The number of thiophene rings is 1. The molecule has 1 saturated heterocycles. The van der Waals surface area contributed by atoms with Gasteiger partial charge < -0.3 is 4.74 Å². The van der Waals surface area contributed by atoms with Gasteiger partial charge in [0.1, 0.15) is 0 Å². The molecule has 2 atom stereocenters. The van der Waals surface area contributed by atoms with E-state index in [4.69, 9.17) is 4.74 Å². The maximum atomic E-state index is 5.55. The van der Waals surface area contributed by atoms with E-state index in [1.807, 2.05) is 11.3 Å². The Labute approximate surface area is 90.1 Å². The molecule has 0 aromatic carbocycles. The van der Waals surface area contributed by atoms with Crippen LogP contribution in [0.25, 0.3) is 0 Å². The normalized spacial score (nSPS) is 27.1. The Bertz CT molecular complexity index is 340. The Kier molecular flexibility index (Phi) is 2.67. The molecule has 1 aromatic heterocycles. The van der Waals surface area contributed by atoms with Gasteiger partial charge in [-0.3, -0.25) is 0 Å². The van der Waals surface area contributed by atoms with Gasteiger partial charge in [-0.2, -0.15) is 0 Å². The lowest BCUT2D eigenvalue weighted by Crippen LogP contribution is -2.08. The first-order valence-corrected chi connectivity index (χ1v) is 6.07. The van der Waals surface area contributed by atoms with E-state index in [0.29, 0.717) is 11.8 Å². The van der Waals surface area contributed by atoms with Gasteiger partial charge in [0.05, 0.1) is 6.61 Å². The molecule has 1 fully saturated rings. The molecule has 78 valence electrons. The lowest BCUT2D eigenvalue weighted by Gasteiger charge is -2.14. The Balaban J connectivity index is 2.39. The lowest BCUT2D eigenvalue weighted by molar-refractivity contribution is 0.186. The largest absolute Gasteiger partial charge is 0.381 e. The molecule has 0 unspecified atom stereocenters. The van der Waals surface area contributed by atoms with Gasteiger partial charge in [0.15, 0.2) is 0 Å². The van der Waals surface area contributed by atoms with Gasteiger partial charge in [-0.25, -0.2) is 0 Å². The molecule has 2 heterocycles. The SMILES string of the molecule is Cc1sc(C)c([C@H]2COC[C@@H]2C)c1C. The maximum Gasteiger partial charge on any atom is 0.0538 e. The smallest absolute Gasteiger partial charge is 0.0538 e. The van der Waals surface area contributed by atoms with Crippen LogP contribution in [0.4, 0.5) is 0 Å². The van der Waals surface area contributed by atoms with Gasteiger partial charge >= 0.3 is 0 Å². The van der Waals surface area contributed by atoms with Crippen LogP contribution in [0.1, 0.15) is 33.7 Å². The highest BCUT2D eigenvalue weighted by molar-refractivity contribution is 7.12. The van der Waals surface area contributed by atoms with Crippen LogP contribution in [0.3, 0.4) is 0 Å². The van der Waals surface area contributed by atoms with Gasteiger partial charge in [0.2, 0.25) is 0 Å². The summed E-state index contributed by atoms with van der Waals surface area (Å²) in [5, 5.41) is 0. The van der Waals surface area contributed by atoms with Crippen molar-refractivity contribution in [3.63, 3.8) is 0 Å². The van der Waals surface area contributed by atoms with Crippen molar-refractivity contribution in [3.05, 3.63) is 20.9 Å². The predicted octanol–water partition coefficient (Wildman–Crippen LogP) is 3.42. The third-order valence-electron chi connectivity index (χ3n) is 3.35. The van der Waals surface area contributed by atoms with E-state index in [0.717, 1.165) is 13.2 Å². The van der Waals surface area contributed by atoms with Crippen LogP contribution in [0.2, 0.25) is 0 Å². The number of hydrogen-bond donors (Lipinski definition) is 0.